The zero-order chi connectivity index (χ0) is 15.5. The summed E-state index contributed by atoms with van der Waals surface area (Å²) in [6, 6.07) is 8.19. The predicted molar refractivity (Wildman–Crippen MR) is 94.1 cm³/mol. The molecule has 0 spiro atoms. The summed E-state index contributed by atoms with van der Waals surface area (Å²) in [7, 11) is 0. The highest BCUT2D eigenvalue weighted by molar-refractivity contribution is 8.03. The van der Waals surface area contributed by atoms with Gasteiger partial charge in [-0.2, -0.15) is 0 Å². The van der Waals surface area contributed by atoms with Crippen molar-refractivity contribution in [2.24, 2.45) is 0 Å². The maximum Gasteiger partial charge on any atom is 0.240 e. The molecule has 4 nitrogen and oxygen atoms in total. The van der Waals surface area contributed by atoms with Gasteiger partial charge in [0.25, 0.3) is 0 Å². The number of aromatic nitrogens is 2. The van der Waals surface area contributed by atoms with Gasteiger partial charge in [-0.25, -0.2) is 0 Å². The molecule has 2 aromatic rings. The predicted octanol–water partition coefficient (Wildman–Crippen LogP) is 3.72. The first-order valence-corrected chi connectivity index (χ1v) is 10.0. The molecular weight excluding hydrogens is 334 g/mol. The van der Waals surface area contributed by atoms with Gasteiger partial charge >= 0.3 is 0 Å². The summed E-state index contributed by atoms with van der Waals surface area (Å²) in [5, 5.41) is 8.06. The van der Waals surface area contributed by atoms with Crippen LogP contribution in [0.2, 0.25) is 0 Å². The Hall–Kier alpha value is -1.05. The Kier molecular flexibility index (Phi) is 5.05. The molecule has 1 aliphatic heterocycles. The first kappa shape index (κ1) is 15.8. The number of carbonyl (C=O) groups is 1. The van der Waals surface area contributed by atoms with Crippen LogP contribution >= 0.6 is 34.9 Å². The number of carbonyl (C=O) groups excluding carboxylic acids is 1. The monoisotopic (exact) mass is 351 g/mol. The number of fused-ring (bicyclic) bond motifs is 1. The SMILES string of the molecule is CSc1nnc(SC(C)C(=O)N2CCCc3ccccc32)s1. The van der Waals surface area contributed by atoms with Gasteiger partial charge in [-0.1, -0.05) is 53.1 Å². The van der Waals surface area contributed by atoms with E-state index in [1.807, 2.05) is 36.3 Å². The Labute approximate surface area is 142 Å². The molecule has 2 heterocycles. The van der Waals surface area contributed by atoms with Crippen molar-refractivity contribution in [2.75, 3.05) is 17.7 Å². The fraction of sp³-hybridized carbons (Fsp3) is 0.400. The van der Waals surface area contributed by atoms with Crippen LogP contribution in [0, 0.1) is 0 Å². The summed E-state index contributed by atoms with van der Waals surface area (Å²) in [5.41, 5.74) is 2.33. The lowest BCUT2D eigenvalue weighted by Gasteiger charge is -2.31. The summed E-state index contributed by atoms with van der Waals surface area (Å²) in [4.78, 5) is 14.7. The van der Waals surface area contributed by atoms with Gasteiger partial charge in [0.15, 0.2) is 8.68 Å². The van der Waals surface area contributed by atoms with Gasteiger partial charge in [0.1, 0.15) is 0 Å². The number of nitrogens with zero attached hydrogens (tertiary/aromatic N) is 3. The Morgan fingerprint density at radius 2 is 2.09 bits per heavy atom. The topological polar surface area (TPSA) is 46.1 Å². The van der Waals surface area contributed by atoms with Crippen LogP contribution in [-0.2, 0) is 11.2 Å². The number of hydrogen-bond donors (Lipinski definition) is 0. The van der Waals surface area contributed by atoms with Crippen molar-refractivity contribution in [3.8, 4) is 0 Å². The van der Waals surface area contributed by atoms with E-state index in [-0.39, 0.29) is 11.2 Å². The molecule has 0 fully saturated rings. The van der Waals surface area contributed by atoms with Gasteiger partial charge in [-0.3, -0.25) is 4.79 Å². The fourth-order valence-electron chi connectivity index (χ4n) is 2.51. The van der Waals surface area contributed by atoms with Gasteiger partial charge < -0.3 is 4.90 Å². The molecule has 0 aliphatic carbocycles. The standard InChI is InChI=1S/C15H17N3OS3/c1-10(21-15-17-16-14(20-2)22-15)13(19)18-9-5-7-11-6-3-4-8-12(11)18/h3-4,6,8,10H,5,7,9H2,1-2H3. The average Bonchev–Trinajstić information content (AvgIpc) is 3.01. The maximum atomic E-state index is 12.8. The van der Waals surface area contributed by atoms with Crippen LogP contribution in [0.3, 0.4) is 0 Å². The van der Waals surface area contributed by atoms with Gasteiger partial charge in [0.2, 0.25) is 5.91 Å². The van der Waals surface area contributed by atoms with Crippen LogP contribution in [0.25, 0.3) is 0 Å². The van der Waals surface area contributed by atoms with Crippen LogP contribution < -0.4 is 4.90 Å². The number of aryl methyl sites for hydroxylation is 1. The average molecular weight is 352 g/mol. The third kappa shape index (κ3) is 3.31. The number of amides is 1. The normalized spacial score (nSPS) is 15.5. The van der Waals surface area contributed by atoms with E-state index in [0.717, 1.165) is 33.8 Å². The lowest BCUT2D eigenvalue weighted by molar-refractivity contribution is -0.117. The lowest BCUT2D eigenvalue weighted by atomic mass is 10.0. The zero-order valence-electron chi connectivity index (χ0n) is 12.5. The third-order valence-corrected chi connectivity index (χ3v) is 6.63. The molecule has 3 rings (SSSR count). The van der Waals surface area contributed by atoms with E-state index in [2.05, 4.69) is 16.3 Å². The molecule has 1 aromatic heterocycles. The molecule has 0 saturated carbocycles. The highest BCUT2D eigenvalue weighted by Gasteiger charge is 2.27. The van der Waals surface area contributed by atoms with Crippen molar-refractivity contribution in [2.45, 2.75) is 33.7 Å². The van der Waals surface area contributed by atoms with E-state index in [4.69, 9.17) is 0 Å². The van der Waals surface area contributed by atoms with Crippen molar-refractivity contribution in [3.05, 3.63) is 29.8 Å². The molecule has 1 amide bonds. The quantitative estimate of drug-likeness (QED) is 0.786. The summed E-state index contributed by atoms with van der Waals surface area (Å²) in [5.74, 6) is 0.151. The molecule has 0 saturated heterocycles. The summed E-state index contributed by atoms with van der Waals surface area (Å²) >= 11 is 4.62. The first-order valence-electron chi connectivity index (χ1n) is 7.12. The molecule has 0 bridgehead atoms. The van der Waals surface area contributed by atoms with Gasteiger partial charge in [0.05, 0.1) is 5.25 Å². The zero-order valence-corrected chi connectivity index (χ0v) is 14.9. The highest BCUT2D eigenvalue weighted by Crippen LogP contribution is 2.33. The maximum absolute atomic E-state index is 12.8. The molecule has 7 heteroatoms. The smallest absolute Gasteiger partial charge is 0.240 e. The lowest BCUT2D eigenvalue weighted by Crippen LogP contribution is -2.40. The van der Waals surface area contributed by atoms with Crippen molar-refractivity contribution < 1.29 is 4.79 Å². The Morgan fingerprint density at radius 1 is 1.32 bits per heavy atom. The molecule has 0 radical (unpaired) electrons. The Bertz CT molecular complexity index is 674. The van der Waals surface area contributed by atoms with Gasteiger partial charge in [0, 0.05) is 12.2 Å². The van der Waals surface area contributed by atoms with Gasteiger partial charge in [-0.05, 0) is 37.7 Å². The molecule has 1 aliphatic rings. The Balaban J connectivity index is 1.73. The van der Waals surface area contributed by atoms with E-state index < -0.39 is 0 Å². The van der Waals surface area contributed by atoms with Crippen LogP contribution in [-0.4, -0.2) is 34.2 Å². The summed E-state index contributed by atoms with van der Waals surface area (Å²) in [6.45, 7) is 2.75. The second-order valence-electron chi connectivity index (χ2n) is 5.02. The first-order chi connectivity index (χ1) is 10.7. The second-order valence-corrected chi connectivity index (χ2v) is 8.64. The minimum Gasteiger partial charge on any atom is -0.311 e. The number of benzene rings is 1. The molecule has 1 aromatic carbocycles. The number of para-hydroxylation sites is 1. The largest absolute Gasteiger partial charge is 0.311 e. The van der Waals surface area contributed by atoms with E-state index in [1.165, 1.54) is 17.3 Å². The van der Waals surface area contributed by atoms with Crippen molar-refractivity contribution in [1.29, 1.82) is 0 Å². The summed E-state index contributed by atoms with van der Waals surface area (Å²) < 4.78 is 1.79. The number of anilines is 1. The van der Waals surface area contributed by atoms with Crippen molar-refractivity contribution in [3.63, 3.8) is 0 Å². The molecule has 1 atom stereocenters. The van der Waals surface area contributed by atoms with E-state index in [1.54, 1.807) is 23.1 Å². The van der Waals surface area contributed by atoms with E-state index in [9.17, 15) is 4.79 Å². The van der Waals surface area contributed by atoms with E-state index >= 15 is 0 Å². The minimum absolute atomic E-state index is 0.151. The molecule has 1 unspecified atom stereocenters. The third-order valence-electron chi connectivity index (χ3n) is 3.56. The number of thioether (sulfide) groups is 2. The van der Waals surface area contributed by atoms with Crippen molar-refractivity contribution in [1.82, 2.24) is 10.2 Å². The highest BCUT2D eigenvalue weighted by atomic mass is 32.2. The van der Waals surface area contributed by atoms with Crippen LogP contribution in [0.1, 0.15) is 18.9 Å². The molecule has 0 N–H and O–H groups in total. The minimum atomic E-state index is -0.159. The second kappa shape index (κ2) is 7.02. The van der Waals surface area contributed by atoms with Crippen molar-refractivity contribution >= 4 is 46.5 Å². The fourth-order valence-corrected chi connectivity index (χ4v) is 5.16. The molecule has 22 heavy (non-hydrogen) atoms. The molecule has 116 valence electrons. The van der Waals surface area contributed by atoms with Crippen LogP contribution in [0.5, 0.6) is 0 Å². The number of rotatable bonds is 4. The number of hydrogen-bond acceptors (Lipinski definition) is 6. The van der Waals surface area contributed by atoms with Gasteiger partial charge in [-0.15, -0.1) is 10.2 Å². The van der Waals surface area contributed by atoms with Crippen LogP contribution in [0.4, 0.5) is 5.69 Å². The van der Waals surface area contributed by atoms with E-state index in [0.29, 0.717) is 0 Å². The summed E-state index contributed by atoms with van der Waals surface area (Å²) in [6.07, 6.45) is 4.05. The Morgan fingerprint density at radius 3 is 2.86 bits per heavy atom. The van der Waals surface area contributed by atoms with Crippen LogP contribution in [0.15, 0.2) is 32.9 Å². The molecular formula is C15H17N3OS3.